The number of phenolic OH excluding ortho intramolecular Hbond substituents is 3. The first-order valence-electron chi connectivity index (χ1n) is 6.65. The van der Waals surface area contributed by atoms with Gasteiger partial charge in [-0.25, -0.2) is 0 Å². The van der Waals surface area contributed by atoms with Crippen LogP contribution in [0, 0.1) is 0 Å². The molecular weight excluding hydrogens is 304 g/mol. The molecule has 2 heterocycles. The summed E-state index contributed by atoms with van der Waals surface area (Å²) in [5.41, 5.74) is -0.263. The molecule has 0 amide bonds. The van der Waals surface area contributed by atoms with E-state index < -0.39 is 11.2 Å². The van der Waals surface area contributed by atoms with Gasteiger partial charge in [0.15, 0.2) is 11.5 Å². The fraction of sp³-hybridized carbons (Fsp3) is 0.0625. The minimum absolute atomic E-state index is 0.0324. The van der Waals surface area contributed by atoms with Crippen LogP contribution in [0.4, 0.5) is 0 Å². The first-order chi connectivity index (χ1) is 11.0. The lowest BCUT2D eigenvalue weighted by molar-refractivity contribution is 0.174. The summed E-state index contributed by atoms with van der Waals surface area (Å²) >= 11 is 0. The highest BCUT2D eigenvalue weighted by atomic mass is 16.7. The second-order valence-corrected chi connectivity index (χ2v) is 5.04. The van der Waals surface area contributed by atoms with E-state index in [0.717, 1.165) is 12.3 Å². The summed E-state index contributed by atoms with van der Waals surface area (Å²) < 4.78 is 15.7. The van der Waals surface area contributed by atoms with Crippen molar-refractivity contribution in [2.75, 3.05) is 6.79 Å². The zero-order valence-electron chi connectivity index (χ0n) is 11.6. The van der Waals surface area contributed by atoms with Gasteiger partial charge in [0.25, 0.3) is 0 Å². The van der Waals surface area contributed by atoms with E-state index in [0.29, 0.717) is 11.5 Å². The summed E-state index contributed by atoms with van der Waals surface area (Å²) in [5, 5.41) is 29.4. The fourth-order valence-electron chi connectivity index (χ4n) is 2.55. The zero-order valence-corrected chi connectivity index (χ0v) is 11.6. The lowest BCUT2D eigenvalue weighted by atomic mass is 10.0. The normalized spacial score (nSPS) is 12.7. The Morgan fingerprint density at radius 1 is 0.870 bits per heavy atom. The molecule has 7 heteroatoms. The van der Waals surface area contributed by atoms with E-state index in [9.17, 15) is 20.1 Å². The topological polar surface area (TPSA) is 109 Å². The van der Waals surface area contributed by atoms with Crippen molar-refractivity contribution in [3.8, 4) is 39.9 Å². The van der Waals surface area contributed by atoms with Crippen molar-refractivity contribution in [3.63, 3.8) is 0 Å². The van der Waals surface area contributed by atoms with Crippen LogP contribution >= 0.6 is 0 Å². The highest BCUT2D eigenvalue weighted by Crippen LogP contribution is 2.41. The first kappa shape index (κ1) is 13.3. The number of ether oxygens (including phenoxy) is 2. The Bertz CT molecular complexity index is 1000. The highest BCUT2D eigenvalue weighted by Gasteiger charge is 2.21. The van der Waals surface area contributed by atoms with Crippen LogP contribution in [0.3, 0.4) is 0 Å². The minimum atomic E-state index is -0.544. The molecule has 0 saturated carbocycles. The van der Waals surface area contributed by atoms with E-state index in [2.05, 4.69) is 0 Å². The van der Waals surface area contributed by atoms with Crippen LogP contribution in [0.2, 0.25) is 0 Å². The molecule has 7 nitrogen and oxygen atoms in total. The van der Waals surface area contributed by atoms with Crippen molar-refractivity contribution >= 4 is 11.0 Å². The molecule has 0 fully saturated rings. The minimum Gasteiger partial charge on any atom is -0.508 e. The molecule has 23 heavy (non-hydrogen) atoms. The number of aromatic hydroxyl groups is 3. The van der Waals surface area contributed by atoms with Crippen LogP contribution in [-0.4, -0.2) is 22.1 Å². The van der Waals surface area contributed by atoms with Gasteiger partial charge in [-0.15, -0.1) is 0 Å². The predicted molar refractivity (Wildman–Crippen MR) is 79.0 cm³/mol. The van der Waals surface area contributed by atoms with Crippen LogP contribution < -0.4 is 14.9 Å². The van der Waals surface area contributed by atoms with Crippen molar-refractivity contribution < 1.29 is 29.2 Å². The third-order valence-corrected chi connectivity index (χ3v) is 3.62. The molecule has 0 atom stereocenters. The summed E-state index contributed by atoms with van der Waals surface area (Å²) in [5.74, 6) is -0.0387. The number of benzene rings is 2. The van der Waals surface area contributed by atoms with Gasteiger partial charge in [0.2, 0.25) is 12.2 Å². The summed E-state index contributed by atoms with van der Waals surface area (Å²) in [7, 11) is 0. The summed E-state index contributed by atoms with van der Waals surface area (Å²) in [6.45, 7) is 0.0324. The maximum absolute atomic E-state index is 12.6. The average molecular weight is 314 g/mol. The molecule has 0 unspecified atom stereocenters. The van der Waals surface area contributed by atoms with E-state index in [1.54, 1.807) is 0 Å². The number of fused-ring (bicyclic) bond motifs is 2. The number of hydrogen-bond donors (Lipinski definition) is 3. The SMILES string of the molecule is O=c1c(-c2cc3c(cc2O)OCO3)coc2cc(O)cc(O)c12. The van der Waals surface area contributed by atoms with Gasteiger partial charge >= 0.3 is 0 Å². The fourth-order valence-corrected chi connectivity index (χ4v) is 2.55. The van der Waals surface area contributed by atoms with Crippen LogP contribution in [0.25, 0.3) is 22.1 Å². The molecule has 0 aliphatic carbocycles. The van der Waals surface area contributed by atoms with Crippen LogP contribution in [0.5, 0.6) is 28.7 Å². The third-order valence-electron chi connectivity index (χ3n) is 3.62. The molecule has 1 aliphatic heterocycles. The standard InChI is InChI=1S/C16H10O7/c17-7-1-11(19)15-14(2-7)21-5-9(16(15)20)8-3-12-13(4-10(8)18)23-6-22-12/h1-5,17-19H,6H2. The average Bonchev–Trinajstić information content (AvgIpc) is 2.93. The van der Waals surface area contributed by atoms with E-state index in [4.69, 9.17) is 13.9 Å². The molecule has 1 aliphatic rings. The van der Waals surface area contributed by atoms with Gasteiger partial charge in [0.05, 0.1) is 5.56 Å². The Balaban J connectivity index is 2.01. The monoisotopic (exact) mass is 314 g/mol. The van der Waals surface area contributed by atoms with E-state index in [1.165, 1.54) is 18.2 Å². The number of phenols is 3. The van der Waals surface area contributed by atoms with Crippen molar-refractivity contribution in [2.24, 2.45) is 0 Å². The summed E-state index contributed by atoms with van der Waals surface area (Å²) in [6.07, 6.45) is 1.15. The number of rotatable bonds is 1. The van der Waals surface area contributed by atoms with E-state index in [1.807, 2.05) is 0 Å². The van der Waals surface area contributed by atoms with Gasteiger partial charge in [-0.3, -0.25) is 4.79 Å². The van der Waals surface area contributed by atoms with Crippen LogP contribution in [-0.2, 0) is 0 Å². The number of hydrogen-bond acceptors (Lipinski definition) is 7. The van der Waals surface area contributed by atoms with Crippen LogP contribution in [0.15, 0.2) is 39.7 Å². The Hall–Kier alpha value is -3.35. The molecule has 0 spiro atoms. The Morgan fingerprint density at radius 2 is 1.61 bits per heavy atom. The van der Waals surface area contributed by atoms with Crippen molar-refractivity contribution in [1.29, 1.82) is 0 Å². The largest absolute Gasteiger partial charge is 0.508 e. The second kappa shape index (κ2) is 4.57. The quantitative estimate of drug-likeness (QED) is 0.632. The van der Waals surface area contributed by atoms with Gasteiger partial charge in [-0.05, 0) is 6.07 Å². The highest BCUT2D eigenvalue weighted by molar-refractivity contribution is 5.89. The van der Waals surface area contributed by atoms with Crippen molar-refractivity contribution in [3.05, 3.63) is 40.8 Å². The summed E-state index contributed by atoms with van der Waals surface area (Å²) in [6, 6.07) is 5.08. The smallest absolute Gasteiger partial charge is 0.231 e. The zero-order chi connectivity index (χ0) is 16.1. The van der Waals surface area contributed by atoms with E-state index in [-0.39, 0.29) is 40.4 Å². The van der Waals surface area contributed by atoms with Crippen molar-refractivity contribution in [1.82, 2.24) is 0 Å². The molecule has 116 valence electrons. The van der Waals surface area contributed by atoms with Gasteiger partial charge in [0.1, 0.15) is 34.5 Å². The molecule has 3 N–H and O–H groups in total. The molecule has 0 radical (unpaired) electrons. The molecular formula is C16H10O7. The third kappa shape index (κ3) is 1.94. The predicted octanol–water partition coefficient (Wildman–Crippen LogP) is 2.31. The van der Waals surface area contributed by atoms with E-state index >= 15 is 0 Å². The second-order valence-electron chi connectivity index (χ2n) is 5.04. The molecule has 0 saturated heterocycles. The molecule has 0 bridgehead atoms. The van der Waals surface area contributed by atoms with Gasteiger partial charge in [0, 0.05) is 23.8 Å². The molecule has 2 aromatic carbocycles. The Morgan fingerprint density at radius 3 is 2.39 bits per heavy atom. The summed E-state index contributed by atoms with van der Waals surface area (Å²) in [4.78, 5) is 12.6. The van der Waals surface area contributed by atoms with Crippen molar-refractivity contribution in [2.45, 2.75) is 0 Å². The van der Waals surface area contributed by atoms with Gasteiger partial charge in [-0.1, -0.05) is 0 Å². The molecule has 3 aromatic rings. The maximum Gasteiger partial charge on any atom is 0.231 e. The Kier molecular flexibility index (Phi) is 2.65. The van der Waals surface area contributed by atoms with Gasteiger partial charge in [-0.2, -0.15) is 0 Å². The van der Waals surface area contributed by atoms with Gasteiger partial charge < -0.3 is 29.2 Å². The van der Waals surface area contributed by atoms with Crippen LogP contribution in [0.1, 0.15) is 0 Å². The lowest BCUT2D eigenvalue weighted by Crippen LogP contribution is -2.05. The first-order valence-corrected chi connectivity index (χ1v) is 6.65. The molecule has 1 aromatic heterocycles. The maximum atomic E-state index is 12.6. The Labute approximate surface area is 128 Å². The lowest BCUT2D eigenvalue weighted by Gasteiger charge is -2.07. The molecule has 4 rings (SSSR count).